The number of nitrogens with zero attached hydrogens (tertiary/aromatic N) is 1. The van der Waals surface area contributed by atoms with Crippen molar-refractivity contribution in [3.05, 3.63) is 0 Å². The van der Waals surface area contributed by atoms with E-state index in [2.05, 4.69) is 12.6 Å². The maximum Gasteiger partial charge on any atom is 0.237 e. The Hall–Kier alpha value is -0.710. The largest absolute Gasteiger partial charge is 0.368 e. The lowest BCUT2D eigenvalue weighted by Crippen LogP contribution is -2.45. The number of primary amides is 1. The van der Waals surface area contributed by atoms with E-state index < -0.39 is 11.2 Å². The first-order valence-corrected chi connectivity index (χ1v) is 4.64. The summed E-state index contributed by atoms with van der Waals surface area (Å²) in [6, 6.07) is -0.0328. The summed E-state index contributed by atoms with van der Waals surface area (Å²) in [6.07, 6.45) is 0. The quantitative estimate of drug-likeness (QED) is 0.634. The molecular weight excluding hydrogens is 188 g/mol. The summed E-state index contributed by atoms with van der Waals surface area (Å²) < 4.78 is 0. The van der Waals surface area contributed by atoms with Gasteiger partial charge in [0.1, 0.15) is 0 Å². The molecule has 0 aliphatic heterocycles. The van der Waals surface area contributed by atoms with Gasteiger partial charge in [-0.25, -0.2) is 0 Å². The van der Waals surface area contributed by atoms with Crippen molar-refractivity contribution in [2.45, 2.75) is 32.1 Å². The molecule has 0 fully saturated rings. The van der Waals surface area contributed by atoms with E-state index in [1.807, 2.05) is 13.8 Å². The molecule has 76 valence electrons. The van der Waals surface area contributed by atoms with Gasteiger partial charge in [0.05, 0.1) is 11.8 Å². The topological polar surface area (TPSA) is 63.4 Å². The molecule has 4 nitrogen and oxygen atoms in total. The zero-order chi connectivity index (χ0) is 10.6. The lowest BCUT2D eigenvalue weighted by atomic mass is 10.2. The van der Waals surface area contributed by atoms with E-state index in [0.29, 0.717) is 0 Å². The van der Waals surface area contributed by atoms with E-state index in [1.165, 1.54) is 4.90 Å². The molecule has 0 spiro atoms. The fraction of sp³-hybridized carbons (Fsp3) is 0.750. The molecular formula is C8H16N2O2S. The molecule has 13 heavy (non-hydrogen) atoms. The van der Waals surface area contributed by atoms with Crippen molar-refractivity contribution < 1.29 is 9.59 Å². The molecule has 0 aromatic rings. The molecule has 0 radical (unpaired) electrons. The van der Waals surface area contributed by atoms with Gasteiger partial charge in [0.2, 0.25) is 11.8 Å². The Morgan fingerprint density at radius 3 is 2.08 bits per heavy atom. The fourth-order valence-corrected chi connectivity index (χ4v) is 1.07. The smallest absolute Gasteiger partial charge is 0.237 e. The van der Waals surface area contributed by atoms with Crippen LogP contribution in [0, 0.1) is 0 Å². The van der Waals surface area contributed by atoms with Crippen LogP contribution in [0.3, 0.4) is 0 Å². The summed E-state index contributed by atoms with van der Waals surface area (Å²) in [7, 11) is 0. The lowest BCUT2D eigenvalue weighted by Gasteiger charge is -2.26. The van der Waals surface area contributed by atoms with E-state index in [1.54, 1.807) is 6.92 Å². The summed E-state index contributed by atoms with van der Waals surface area (Å²) >= 11 is 4.01. The molecule has 0 bridgehead atoms. The van der Waals surface area contributed by atoms with Gasteiger partial charge in [-0.3, -0.25) is 9.59 Å². The van der Waals surface area contributed by atoms with E-state index >= 15 is 0 Å². The number of carbonyl (C=O) groups excluding carboxylic acids is 2. The maximum atomic E-state index is 11.5. The van der Waals surface area contributed by atoms with E-state index in [-0.39, 0.29) is 18.5 Å². The van der Waals surface area contributed by atoms with E-state index in [9.17, 15) is 9.59 Å². The number of amides is 2. The molecule has 0 aromatic carbocycles. The molecule has 0 rings (SSSR count). The molecule has 1 atom stereocenters. The van der Waals surface area contributed by atoms with Gasteiger partial charge in [-0.1, -0.05) is 0 Å². The normalized spacial score (nSPS) is 12.7. The molecule has 0 saturated carbocycles. The molecule has 2 amide bonds. The molecule has 0 aliphatic rings. The Kier molecular flexibility index (Phi) is 4.83. The highest BCUT2D eigenvalue weighted by Crippen LogP contribution is 2.05. The Balaban J connectivity index is 4.42. The monoisotopic (exact) mass is 204 g/mol. The molecule has 0 saturated heterocycles. The molecule has 0 aromatic heterocycles. The second-order valence-corrected chi connectivity index (χ2v) is 3.98. The van der Waals surface area contributed by atoms with Crippen molar-refractivity contribution in [1.29, 1.82) is 0 Å². The number of rotatable bonds is 4. The number of hydrogen-bond acceptors (Lipinski definition) is 3. The second kappa shape index (κ2) is 5.11. The summed E-state index contributed by atoms with van der Waals surface area (Å²) in [6.45, 7) is 5.29. The van der Waals surface area contributed by atoms with Crippen LogP contribution in [0.15, 0.2) is 0 Å². The van der Waals surface area contributed by atoms with Crippen LogP contribution in [0.4, 0.5) is 0 Å². The SMILES string of the molecule is CC(S)C(=O)N(CC(N)=O)C(C)C. The van der Waals surface area contributed by atoms with Crippen LogP contribution < -0.4 is 5.73 Å². The Labute approximate surface area is 83.9 Å². The summed E-state index contributed by atoms with van der Waals surface area (Å²) in [5.41, 5.74) is 5.01. The average Bonchev–Trinajstić information content (AvgIpc) is 1.97. The van der Waals surface area contributed by atoms with Crippen LogP contribution in [0.2, 0.25) is 0 Å². The van der Waals surface area contributed by atoms with Gasteiger partial charge in [-0.2, -0.15) is 12.6 Å². The minimum absolute atomic E-state index is 0.0328. The first-order chi connectivity index (χ1) is 5.86. The van der Waals surface area contributed by atoms with Crippen molar-refractivity contribution >= 4 is 24.4 Å². The predicted octanol–water partition coefficient (Wildman–Crippen LogP) is 0.0270. The highest BCUT2D eigenvalue weighted by atomic mass is 32.1. The summed E-state index contributed by atoms with van der Waals surface area (Å²) in [5, 5.41) is -0.401. The third kappa shape index (κ3) is 4.17. The first-order valence-electron chi connectivity index (χ1n) is 4.13. The van der Waals surface area contributed by atoms with Crippen LogP contribution >= 0.6 is 12.6 Å². The number of nitrogens with two attached hydrogens (primary N) is 1. The predicted molar refractivity (Wildman–Crippen MR) is 54.5 cm³/mol. The minimum Gasteiger partial charge on any atom is -0.368 e. The van der Waals surface area contributed by atoms with Gasteiger partial charge >= 0.3 is 0 Å². The molecule has 0 heterocycles. The van der Waals surface area contributed by atoms with Crippen LogP contribution in [-0.2, 0) is 9.59 Å². The third-order valence-electron chi connectivity index (χ3n) is 1.59. The van der Waals surface area contributed by atoms with Crippen molar-refractivity contribution in [2.24, 2.45) is 5.73 Å². The first kappa shape index (κ1) is 12.3. The standard InChI is InChI=1S/C8H16N2O2S/c1-5(2)10(4-7(9)11)8(12)6(3)13/h5-6,13H,4H2,1-3H3,(H2,9,11). The number of hydrogen-bond donors (Lipinski definition) is 2. The average molecular weight is 204 g/mol. The van der Waals surface area contributed by atoms with Gasteiger partial charge < -0.3 is 10.6 Å². The molecule has 5 heteroatoms. The van der Waals surface area contributed by atoms with Crippen molar-refractivity contribution in [2.75, 3.05) is 6.54 Å². The van der Waals surface area contributed by atoms with E-state index in [0.717, 1.165) is 0 Å². The second-order valence-electron chi connectivity index (χ2n) is 3.20. The highest BCUT2D eigenvalue weighted by molar-refractivity contribution is 7.81. The Morgan fingerprint density at radius 1 is 1.38 bits per heavy atom. The summed E-state index contributed by atoms with van der Waals surface area (Å²) in [4.78, 5) is 23.5. The minimum atomic E-state index is -0.504. The molecule has 0 aliphatic carbocycles. The Morgan fingerprint density at radius 2 is 1.85 bits per heavy atom. The van der Waals surface area contributed by atoms with Crippen molar-refractivity contribution in [3.63, 3.8) is 0 Å². The van der Waals surface area contributed by atoms with Crippen molar-refractivity contribution in [3.8, 4) is 0 Å². The van der Waals surface area contributed by atoms with E-state index in [4.69, 9.17) is 5.73 Å². The number of carbonyl (C=O) groups is 2. The van der Waals surface area contributed by atoms with Crippen LogP contribution in [0.25, 0.3) is 0 Å². The van der Waals surface area contributed by atoms with Gasteiger partial charge in [0, 0.05) is 6.04 Å². The maximum absolute atomic E-state index is 11.5. The van der Waals surface area contributed by atoms with Gasteiger partial charge in [-0.15, -0.1) is 0 Å². The van der Waals surface area contributed by atoms with Crippen LogP contribution in [-0.4, -0.2) is 34.6 Å². The Bertz CT molecular complexity index is 204. The van der Waals surface area contributed by atoms with Crippen molar-refractivity contribution in [1.82, 2.24) is 4.90 Å². The molecule has 2 N–H and O–H groups in total. The lowest BCUT2D eigenvalue weighted by molar-refractivity contribution is -0.136. The number of thiol groups is 1. The zero-order valence-corrected chi connectivity index (χ0v) is 9.04. The van der Waals surface area contributed by atoms with Crippen LogP contribution in [0.1, 0.15) is 20.8 Å². The third-order valence-corrected chi connectivity index (χ3v) is 1.81. The summed E-state index contributed by atoms with van der Waals surface area (Å²) in [5.74, 6) is -0.673. The van der Waals surface area contributed by atoms with Crippen LogP contribution in [0.5, 0.6) is 0 Å². The van der Waals surface area contributed by atoms with Gasteiger partial charge in [0.15, 0.2) is 0 Å². The fourth-order valence-electron chi connectivity index (χ4n) is 0.923. The van der Waals surface area contributed by atoms with Gasteiger partial charge in [-0.05, 0) is 20.8 Å². The molecule has 1 unspecified atom stereocenters. The zero-order valence-electron chi connectivity index (χ0n) is 8.15. The van der Waals surface area contributed by atoms with Gasteiger partial charge in [0.25, 0.3) is 0 Å². The highest BCUT2D eigenvalue weighted by Gasteiger charge is 2.21.